The first-order chi connectivity index (χ1) is 17.5. The van der Waals surface area contributed by atoms with Gasteiger partial charge in [0.05, 0.1) is 11.4 Å². The van der Waals surface area contributed by atoms with E-state index >= 15 is 0 Å². The molecule has 2 amide bonds. The Bertz CT molecular complexity index is 1200. The minimum Gasteiger partial charge on any atom is -0.486 e. The lowest BCUT2D eigenvalue weighted by Gasteiger charge is -2.32. The second kappa shape index (κ2) is 12.6. The predicted octanol–water partition coefficient (Wildman–Crippen LogP) is 3.57. The second-order valence-electron chi connectivity index (χ2n) is 9.20. The zero-order valence-electron chi connectivity index (χ0n) is 21.6. The Labute approximate surface area is 227 Å². The summed E-state index contributed by atoms with van der Waals surface area (Å²) in [6.45, 7) is 8.03. The lowest BCUT2D eigenvalue weighted by molar-refractivity contribution is -0.139. The number of hydrogen-bond donors (Lipinski definition) is 1. The highest BCUT2D eigenvalue weighted by atomic mass is 79.9. The molecule has 0 bridgehead atoms. The number of halogens is 1. The number of ether oxygens (including phenoxy) is 2. The minimum atomic E-state index is -3.83. The summed E-state index contributed by atoms with van der Waals surface area (Å²) in [7, 11) is -3.83. The summed E-state index contributed by atoms with van der Waals surface area (Å²) in [6, 6.07) is 11.4. The van der Waals surface area contributed by atoms with Crippen molar-refractivity contribution in [3.63, 3.8) is 0 Å². The third-order valence-corrected chi connectivity index (χ3v) is 8.18. The van der Waals surface area contributed by atoms with Crippen molar-refractivity contribution in [1.82, 2.24) is 10.2 Å². The normalized spacial score (nSPS) is 13.7. The van der Waals surface area contributed by atoms with Gasteiger partial charge in [0.15, 0.2) is 11.5 Å². The van der Waals surface area contributed by atoms with Crippen LogP contribution in [0.3, 0.4) is 0 Å². The highest BCUT2D eigenvalue weighted by molar-refractivity contribution is 9.10. The Morgan fingerprint density at radius 3 is 2.30 bits per heavy atom. The van der Waals surface area contributed by atoms with Crippen LogP contribution in [0.2, 0.25) is 0 Å². The fourth-order valence-corrected chi connectivity index (χ4v) is 5.05. The molecule has 0 fully saturated rings. The van der Waals surface area contributed by atoms with Gasteiger partial charge in [-0.3, -0.25) is 13.9 Å². The van der Waals surface area contributed by atoms with Gasteiger partial charge in [0.2, 0.25) is 21.8 Å². The van der Waals surface area contributed by atoms with Crippen LogP contribution in [0.1, 0.15) is 33.3 Å². The molecule has 3 rings (SSSR count). The average molecular weight is 597 g/mol. The van der Waals surface area contributed by atoms with Crippen molar-refractivity contribution in [2.45, 2.75) is 40.3 Å². The maximum Gasteiger partial charge on any atom is 0.244 e. The topological polar surface area (TPSA) is 105 Å². The Morgan fingerprint density at radius 2 is 1.68 bits per heavy atom. The fourth-order valence-electron chi connectivity index (χ4n) is 3.73. The van der Waals surface area contributed by atoms with Crippen LogP contribution >= 0.6 is 15.9 Å². The van der Waals surface area contributed by atoms with Crippen molar-refractivity contribution in [3.05, 3.63) is 52.5 Å². The van der Waals surface area contributed by atoms with Gasteiger partial charge in [-0.2, -0.15) is 0 Å². The van der Waals surface area contributed by atoms with Crippen molar-refractivity contribution < 1.29 is 27.5 Å². The van der Waals surface area contributed by atoms with Crippen molar-refractivity contribution in [1.29, 1.82) is 0 Å². The molecule has 0 radical (unpaired) electrons. The van der Waals surface area contributed by atoms with Crippen molar-refractivity contribution >= 4 is 43.5 Å². The number of carbonyl (C=O) groups excluding carboxylic acids is 2. The largest absolute Gasteiger partial charge is 0.486 e. The molecule has 1 heterocycles. The van der Waals surface area contributed by atoms with Crippen LogP contribution in [0.4, 0.5) is 5.69 Å². The van der Waals surface area contributed by atoms with E-state index in [9.17, 15) is 18.0 Å². The van der Waals surface area contributed by atoms with Crippen molar-refractivity contribution in [3.8, 4) is 11.5 Å². The molecule has 11 heteroatoms. The number of anilines is 1. The van der Waals surface area contributed by atoms with Crippen LogP contribution < -0.4 is 19.1 Å². The number of amides is 2. The van der Waals surface area contributed by atoms with E-state index in [1.54, 1.807) is 25.1 Å². The van der Waals surface area contributed by atoms with Crippen LogP contribution in [0.5, 0.6) is 11.5 Å². The number of nitrogens with zero attached hydrogens (tertiary/aromatic N) is 2. The molecule has 1 atom stereocenters. The number of fused-ring (bicyclic) bond motifs is 1. The van der Waals surface area contributed by atoms with Gasteiger partial charge < -0.3 is 19.7 Å². The summed E-state index contributed by atoms with van der Waals surface area (Å²) in [4.78, 5) is 28.1. The molecule has 1 aliphatic heterocycles. The number of sulfonamides is 1. The molecule has 37 heavy (non-hydrogen) atoms. The van der Waals surface area contributed by atoms with Gasteiger partial charge in [-0.15, -0.1) is 0 Å². The third-order valence-electron chi connectivity index (χ3n) is 5.91. The number of rotatable bonds is 11. The van der Waals surface area contributed by atoms with Crippen molar-refractivity contribution in [2.75, 3.05) is 36.4 Å². The van der Waals surface area contributed by atoms with E-state index in [1.807, 2.05) is 38.1 Å². The van der Waals surface area contributed by atoms with Crippen molar-refractivity contribution in [2.24, 2.45) is 5.92 Å². The van der Waals surface area contributed by atoms with Gasteiger partial charge in [-0.25, -0.2) is 8.42 Å². The van der Waals surface area contributed by atoms with E-state index in [2.05, 4.69) is 21.2 Å². The maximum atomic E-state index is 13.7. The first-order valence-corrected chi connectivity index (χ1v) is 14.6. The number of hydrogen-bond acceptors (Lipinski definition) is 6. The molecular formula is C26H34BrN3O6S. The van der Waals surface area contributed by atoms with Gasteiger partial charge in [0.25, 0.3) is 0 Å². The van der Waals surface area contributed by atoms with Gasteiger partial charge in [-0.05, 0) is 49.6 Å². The molecule has 1 N–H and O–H groups in total. The molecule has 9 nitrogen and oxygen atoms in total. The second-order valence-corrected chi connectivity index (χ2v) is 12.3. The summed E-state index contributed by atoms with van der Waals surface area (Å²) < 4.78 is 39.3. The molecule has 1 aliphatic rings. The van der Waals surface area contributed by atoms with Crippen LogP contribution in [0.25, 0.3) is 0 Å². The molecule has 0 aliphatic carbocycles. The van der Waals surface area contributed by atoms with Gasteiger partial charge in [0.1, 0.15) is 25.8 Å². The van der Waals surface area contributed by atoms with Gasteiger partial charge in [0, 0.05) is 23.6 Å². The van der Waals surface area contributed by atoms with Crippen LogP contribution in [0, 0.1) is 5.92 Å². The molecule has 0 saturated heterocycles. The molecule has 0 aromatic heterocycles. The molecule has 0 saturated carbocycles. The van der Waals surface area contributed by atoms with Crippen LogP contribution in [-0.4, -0.2) is 63.2 Å². The Hall–Kier alpha value is -2.79. The molecular weight excluding hydrogens is 562 g/mol. The molecule has 2 aromatic carbocycles. The van der Waals surface area contributed by atoms with E-state index in [0.29, 0.717) is 36.9 Å². The fraction of sp³-hybridized carbons (Fsp3) is 0.462. The SMILES string of the molecule is CCS(=O)(=O)N(CC(=O)N(Cc1ccc(Br)cc1)[C@H](C)C(=O)NCC(C)C)c1ccc2c(c1)OCCO2. The summed E-state index contributed by atoms with van der Waals surface area (Å²) in [6.07, 6.45) is 0. The highest BCUT2D eigenvalue weighted by Crippen LogP contribution is 2.35. The Kier molecular flexibility index (Phi) is 9.83. The average Bonchev–Trinajstić information content (AvgIpc) is 2.89. The standard InChI is InChI=1S/C26H34BrN3O6S/c1-5-37(33,34)30(22-10-11-23-24(14-22)36-13-12-35-23)17-25(31)29(16-20-6-8-21(27)9-7-20)19(4)26(32)28-15-18(2)3/h6-11,14,18-19H,5,12-13,15-17H2,1-4H3,(H,28,32)/t19-/m1/s1. The number of nitrogens with one attached hydrogen (secondary N) is 1. The predicted molar refractivity (Wildman–Crippen MR) is 146 cm³/mol. The first kappa shape index (κ1) is 28.8. The summed E-state index contributed by atoms with van der Waals surface area (Å²) in [5.41, 5.74) is 1.10. The van der Waals surface area contributed by atoms with E-state index in [0.717, 1.165) is 14.3 Å². The molecule has 2 aromatic rings. The van der Waals surface area contributed by atoms with E-state index < -0.39 is 28.5 Å². The van der Waals surface area contributed by atoms with Gasteiger partial charge in [-0.1, -0.05) is 41.9 Å². The lowest BCUT2D eigenvalue weighted by atomic mass is 10.1. The Morgan fingerprint density at radius 1 is 1.03 bits per heavy atom. The molecule has 202 valence electrons. The van der Waals surface area contributed by atoms with Crippen LogP contribution in [-0.2, 0) is 26.2 Å². The van der Waals surface area contributed by atoms with E-state index in [-0.39, 0.29) is 24.1 Å². The summed E-state index contributed by atoms with van der Waals surface area (Å²) in [5.74, 6) is 0.173. The quantitative estimate of drug-likeness (QED) is 0.426. The smallest absolute Gasteiger partial charge is 0.244 e. The molecule has 0 unspecified atom stereocenters. The summed E-state index contributed by atoms with van der Waals surface area (Å²) >= 11 is 3.40. The van der Waals surface area contributed by atoms with Crippen LogP contribution in [0.15, 0.2) is 46.9 Å². The van der Waals surface area contributed by atoms with E-state index in [1.165, 1.54) is 11.8 Å². The zero-order chi connectivity index (χ0) is 27.2. The van der Waals surface area contributed by atoms with Gasteiger partial charge >= 0.3 is 0 Å². The number of benzene rings is 2. The highest BCUT2D eigenvalue weighted by Gasteiger charge is 2.31. The monoisotopic (exact) mass is 595 g/mol. The number of carbonyl (C=O) groups is 2. The maximum absolute atomic E-state index is 13.7. The Balaban J connectivity index is 1.92. The lowest BCUT2D eigenvalue weighted by Crippen LogP contribution is -2.51. The minimum absolute atomic E-state index is 0.142. The summed E-state index contributed by atoms with van der Waals surface area (Å²) in [5, 5.41) is 2.87. The molecule has 0 spiro atoms. The zero-order valence-corrected chi connectivity index (χ0v) is 24.0. The third kappa shape index (κ3) is 7.61. The first-order valence-electron chi connectivity index (χ1n) is 12.2. The van der Waals surface area contributed by atoms with E-state index in [4.69, 9.17) is 9.47 Å².